The number of rotatable bonds is 4. The van der Waals surface area contributed by atoms with Gasteiger partial charge in [-0.2, -0.15) is 0 Å². The molecule has 1 saturated carbocycles. The lowest BCUT2D eigenvalue weighted by Crippen LogP contribution is -2.56. The van der Waals surface area contributed by atoms with Gasteiger partial charge < -0.3 is 9.64 Å². The van der Waals surface area contributed by atoms with E-state index < -0.39 is 0 Å². The topological polar surface area (TPSA) is 46.6 Å². The van der Waals surface area contributed by atoms with Crippen molar-refractivity contribution in [3.05, 3.63) is 59.7 Å². The third-order valence-corrected chi connectivity index (χ3v) is 7.90. The van der Waals surface area contributed by atoms with Crippen LogP contribution in [0.25, 0.3) is 11.1 Å². The zero-order valence-electron chi connectivity index (χ0n) is 17.8. The van der Waals surface area contributed by atoms with Crippen LogP contribution >= 0.6 is 0 Å². The Hall–Kier alpha value is -2.62. The minimum absolute atomic E-state index is 0.0881. The first kappa shape index (κ1) is 19.1. The summed E-state index contributed by atoms with van der Waals surface area (Å²) in [4.78, 5) is 27.9. The fourth-order valence-corrected chi connectivity index (χ4v) is 6.28. The molecular weight excluding hydrogens is 386 g/mol. The lowest BCUT2D eigenvalue weighted by Gasteiger charge is -2.47. The van der Waals surface area contributed by atoms with Crippen molar-refractivity contribution in [3.8, 4) is 11.1 Å². The molecule has 2 atom stereocenters. The van der Waals surface area contributed by atoms with Gasteiger partial charge >= 0.3 is 6.09 Å². The summed E-state index contributed by atoms with van der Waals surface area (Å²) in [6.07, 6.45) is 6.75. The third kappa shape index (κ3) is 3.28. The van der Waals surface area contributed by atoms with Crippen molar-refractivity contribution in [1.29, 1.82) is 0 Å². The van der Waals surface area contributed by atoms with Gasteiger partial charge in [0.25, 0.3) is 0 Å². The van der Waals surface area contributed by atoms with Crippen LogP contribution in [0.1, 0.15) is 62.0 Å². The van der Waals surface area contributed by atoms with Gasteiger partial charge in [0.2, 0.25) is 0 Å². The Morgan fingerprint density at radius 3 is 1.97 bits per heavy atom. The molecule has 2 aromatic carbocycles. The van der Waals surface area contributed by atoms with Crippen LogP contribution in [0.4, 0.5) is 4.79 Å². The molecule has 4 nitrogen and oxygen atoms in total. The summed E-state index contributed by atoms with van der Waals surface area (Å²) in [5.41, 5.74) is 4.97. The van der Waals surface area contributed by atoms with Gasteiger partial charge in [0.15, 0.2) is 0 Å². The van der Waals surface area contributed by atoms with Crippen molar-refractivity contribution >= 4 is 11.9 Å². The van der Waals surface area contributed by atoms with Gasteiger partial charge in [-0.3, -0.25) is 4.79 Å². The minimum Gasteiger partial charge on any atom is -0.448 e. The molecule has 0 spiro atoms. The van der Waals surface area contributed by atoms with Crippen molar-refractivity contribution < 1.29 is 14.3 Å². The molecule has 160 valence electrons. The van der Waals surface area contributed by atoms with Crippen LogP contribution in [0.3, 0.4) is 0 Å². The monoisotopic (exact) mass is 415 g/mol. The van der Waals surface area contributed by atoms with E-state index in [9.17, 15) is 9.59 Å². The van der Waals surface area contributed by atoms with Crippen molar-refractivity contribution in [2.45, 2.75) is 62.9 Å². The summed E-state index contributed by atoms with van der Waals surface area (Å²) >= 11 is 0. The smallest absolute Gasteiger partial charge is 0.410 e. The first-order valence-electron chi connectivity index (χ1n) is 11.9. The summed E-state index contributed by atoms with van der Waals surface area (Å²) < 4.78 is 5.97. The Bertz CT molecular complexity index is 967. The van der Waals surface area contributed by atoms with Gasteiger partial charge in [-0.15, -0.1) is 0 Å². The lowest BCUT2D eigenvalue weighted by atomic mass is 9.76. The van der Waals surface area contributed by atoms with Crippen LogP contribution in [0.15, 0.2) is 48.5 Å². The number of ketones is 1. The average Bonchev–Trinajstić information content (AvgIpc) is 3.59. The van der Waals surface area contributed by atoms with Crippen molar-refractivity contribution in [1.82, 2.24) is 4.90 Å². The van der Waals surface area contributed by atoms with Crippen LogP contribution in [0, 0.1) is 11.8 Å². The highest BCUT2D eigenvalue weighted by molar-refractivity contribution is 5.86. The van der Waals surface area contributed by atoms with E-state index in [-0.39, 0.29) is 30.0 Å². The molecule has 4 aliphatic rings. The number of fused-ring (bicyclic) bond motifs is 5. The minimum atomic E-state index is -0.186. The van der Waals surface area contributed by atoms with Gasteiger partial charge in [0.1, 0.15) is 12.4 Å². The second-order valence-corrected chi connectivity index (χ2v) is 9.79. The van der Waals surface area contributed by atoms with Gasteiger partial charge in [-0.1, -0.05) is 48.5 Å². The Balaban J connectivity index is 1.18. The van der Waals surface area contributed by atoms with E-state index in [1.807, 2.05) is 4.90 Å². The zero-order valence-corrected chi connectivity index (χ0v) is 17.8. The van der Waals surface area contributed by atoms with Crippen LogP contribution in [0.5, 0.6) is 0 Å². The number of benzene rings is 2. The maximum atomic E-state index is 13.2. The van der Waals surface area contributed by atoms with Gasteiger partial charge in [0.05, 0.1) is 0 Å². The second-order valence-electron chi connectivity index (χ2n) is 9.79. The molecule has 0 radical (unpaired) electrons. The van der Waals surface area contributed by atoms with Crippen LogP contribution in [0.2, 0.25) is 0 Å². The van der Waals surface area contributed by atoms with Gasteiger partial charge in [0, 0.05) is 29.8 Å². The molecule has 1 amide bonds. The molecule has 2 aliphatic carbocycles. The molecule has 0 N–H and O–H groups in total. The first-order valence-corrected chi connectivity index (χ1v) is 11.9. The number of piperidine rings is 2. The molecule has 3 fully saturated rings. The maximum Gasteiger partial charge on any atom is 0.410 e. The molecule has 2 unspecified atom stereocenters. The van der Waals surface area contributed by atoms with Gasteiger partial charge in [-0.05, 0) is 67.2 Å². The van der Waals surface area contributed by atoms with E-state index in [1.54, 1.807) is 0 Å². The Morgan fingerprint density at radius 1 is 0.806 bits per heavy atom. The lowest BCUT2D eigenvalue weighted by molar-refractivity contribution is -0.127. The first-order chi connectivity index (χ1) is 15.2. The standard InChI is InChI=1S/C27H29NO3/c29-26(17-12-13-17)18-14-19-6-5-7-20(15-18)28(19)27(30)31-16-25-23-10-3-1-8-21(23)22-9-2-4-11-24(22)25/h1-4,8-11,17-20,25H,5-7,12-16H2. The Morgan fingerprint density at radius 2 is 1.39 bits per heavy atom. The quantitative estimate of drug-likeness (QED) is 0.658. The predicted octanol–water partition coefficient (Wildman–Crippen LogP) is 5.55. The Labute approximate surface area is 183 Å². The third-order valence-electron chi connectivity index (χ3n) is 7.90. The van der Waals surface area contributed by atoms with Crippen LogP contribution < -0.4 is 0 Å². The Kier molecular flexibility index (Phi) is 4.62. The highest BCUT2D eigenvalue weighted by Crippen LogP contribution is 2.45. The SMILES string of the molecule is O=C(C1CC1)C1CC2CCCC(C1)N2C(=O)OCC1c2ccccc2-c2ccccc21. The van der Waals surface area contributed by atoms with Gasteiger partial charge in [-0.25, -0.2) is 4.79 Å². The van der Waals surface area contributed by atoms with Crippen molar-refractivity contribution in [2.24, 2.45) is 11.8 Å². The predicted molar refractivity (Wildman–Crippen MR) is 119 cm³/mol. The van der Waals surface area contributed by atoms with E-state index in [2.05, 4.69) is 48.5 Å². The summed E-state index contributed by atoms with van der Waals surface area (Å²) in [6, 6.07) is 17.2. The molecule has 2 aromatic rings. The zero-order chi connectivity index (χ0) is 20.9. The van der Waals surface area contributed by atoms with E-state index in [1.165, 1.54) is 22.3 Å². The number of carbonyl (C=O) groups is 2. The average molecular weight is 416 g/mol. The number of Topliss-reactive ketones (excluding diaryl/α,β-unsaturated/α-hetero) is 1. The van der Waals surface area contributed by atoms with Crippen molar-refractivity contribution in [3.63, 3.8) is 0 Å². The molecule has 2 heterocycles. The largest absolute Gasteiger partial charge is 0.448 e. The second kappa shape index (κ2) is 7.51. The fraction of sp³-hybridized carbons (Fsp3) is 0.481. The fourth-order valence-electron chi connectivity index (χ4n) is 6.28. The maximum absolute atomic E-state index is 13.2. The number of nitrogens with zero attached hydrogens (tertiary/aromatic N) is 1. The molecule has 4 heteroatoms. The molecule has 6 rings (SSSR count). The number of ether oxygens (including phenoxy) is 1. The number of amides is 1. The van der Waals surface area contributed by atoms with Crippen LogP contribution in [-0.4, -0.2) is 35.5 Å². The van der Waals surface area contributed by atoms with Crippen LogP contribution in [-0.2, 0) is 9.53 Å². The summed E-state index contributed by atoms with van der Waals surface area (Å²) in [5, 5.41) is 0. The number of carbonyl (C=O) groups excluding carboxylic acids is 2. The molecule has 31 heavy (non-hydrogen) atoms. The highest BCUT2D eigenvalue weighted by Gasteiger charge is 2.46. The molecular formula is C27H29NO3. The van der Waals surface area contributed by atoms with E-state index in [0.717, 1.165) is 44.9 Å². The van der Waals surface area contributed by atoms with E-state index in [0.29, 0.717) is 18.3 Å². The normalized spacial score (nSPS) is 26.8. The summed E-state index contributed by atoms with van der Waals surface area (Å²) in [7, 11) is 0. The molecule has 0 aromatic heterocycles. The van der Waals surface area contributed by atoms with E-state index in [4.69, 9.17) is 4.74 Å². The van der Waals surface area contributed by atoms with E-state index >= 15 is 0 Å². The molecule has 2 aliphatic heterocycles. The molecule has 2 saturated heterocycles. The summed E-state index contributed by atoms with van der Waals surface area (Å²) in [5.74, 6) is 1.02. The van der Waals surface area contributed by atoms with Crippen molar-refractivity contribution in [2.75, 3.05) is 6.61 Å². The summed E-state index contributed by atoms with van der Waals surface area (Å²) in [6.45, 7) is 0.368. The number of hydrogen-bond donors (Lipinski definition) is 0. The highest BCUT2D eigenvalue weighted by atomic mass is 16.6. The number of hydrogen-bond acceptors (Lipinski definition) is 3. The molecule has 2 bridgehead atoms.